The van der Waals surface area contributed by atoms with E-state index >= 15 is 0 Å². The first kappa shape index (κ1) is 14.3. The highest BCUT2D eigenvalue weighted by Crippen LogP contribution is 2.24. The lowest BCUT2D eigenvalue weighted by Crippen LogP contribution is -2.48. The second-order valence-electron chi connectivity index (χ2n) is 5.88. The molecule has 1 aliphatic heterocycles. The number of carbonyl (C=O) groups excluding carboxylic acids is 1. The predicted molar refractivity (Wildman–Crippen MR) is 75.7 cm³/mol. The minimum atomic E-state index is -0.109. The molecule has 0 aliphatic carbocycles. The topological polar surface area (TPSA) is 45.3 Å². The molecule has 0 radical (unpaired) electrons. The van der Waals surface area contributed by atoms with Crippen LogP contribution in [0, 0.1) is 13.8 Å². The van der Waals surface area contributed by atoms with E-state index in [1.807, 2.05) is 19.9 Å². The van der Waals surface area contributed by atoms with Gasteiger partial charge in [-0.3, -0.25) is 9.69 Å². The molecule has 0 amide bonds. The summed E-state index contributed by atoms with van der Waals surface area (Å²) in [6.45, 7) is 8.35. The third kappa shape index (κ3) is 3.25. The minimum absolute atomic E-state index is 0.109. The molecule has 1 fully saturated rings. The number of H-pyrrole nitrogens is 1. The first-order valence-electron chi connectivity index (χ1n) is 6.90. The number of carbonyl (C=O) groups is 1. The molecule has 1 aromatic rings. The number of aromatic nitrogens is 1. The Morgan fingerprint density at radius 3 is 2.84 bits per heavy atom. The van der Waals surface area contributed by atoms with Crippen LogP contribution >= 0.6 is 0 Å². The Bertz CT molecular complexity index is 467. The maximum atomic E-state index is 12.3. The van der Waals surface area contributed by atoms with Crippen molar-refractivity contribution in [2.75, 3.05) is 26.7 Å². The molecule has 1 aliphatic rings. The monoisotopic (exact) mass is 264 g/mol. The Labute approximate surface area is 115 Å². The number of methoxy groups -OCH3 is 1. The predicted octanol–water partition coefficient (Wildman–Crippen LogP) is 2.32. The van der Waals surface area contributed by atoms with Gasteiger partial charge in [-0.2, -0.15) is 0 Å². The van der Waals surface area contributed by atoms with Crippen LogP contribution in [-0.2, 0) is 4.74 Å². The molecule has 0 spiro atoms. The van der Waals surface area contributed by atoms with Crippen LogP contribution in [0.2, 0.25) is 0 Å². The van der Waals surface area contributed by atoms with Crippen molar-refractivity contribution in [3.05, 3.63) is 23.0 Å². The van der Waals surface area contributed by atoms with E-state index in [0.29, 0.717) is 6.54 Å². The number of ether oxygens (including phenoxy) is 1. The van der Waals surface area contributed by atoms with E-state index < -0.39 is 0 Å². The zero-order valence-electron chi connectivity index (χ0n) is 12.4. The molecule has 1 aromatic heterocycles. The van der Waals surface area contributed by atoms with Gasteiger partial charge < -0.3 is 9.72 Å². The van der Waals surface area contributed by atoms with Gasteiger partial charge in [-0.1, -0.05) is 0 Å². The van der Waals surface area contributed by atoms with Gasteiger partial charge >= 0.3 is 0 Å². The molecule has 0 aromatic carbocycles. The van der Waals surface area contributed by atoms with Gasteiger partial charge in [0.15, 0.2) is 5.78 Å². The van der Waals surface area contributed by atoms with E-state index in [-0.39, 0.29) is 11.4 Å². The van der Waals surface area contributed by atoms with E-state index in [1.165, 1.54) is 0 Å². The molecule has 1 unspecified atom stereocenters. The van der Waals surface area contributed by atoms with Gasteiger partial charge in [0.1, 0.15) is 0 Å². The average Bonchev–Trinajstić information content (AvgIpc) is 2.69. The van der Waals surface area contributed by atoms with Gasteiger partial charge in [-0.25, -0.2) is 0 Å². The normalized spacial score (nSPS) is 24.6. The Balaban J connectivity index is 2.01. The highest BCUT2D eigenvalue weighted by molar-refractivity contribution is 5.98. The fraction of sp³-hybridized carbons (Fsp3) is 0.667. The van der Waals surface area contributed by atoms with Gasteiger partial charge in [-0.15, -0.1) is 0 Å². The number of aromatic amines is 1. The number of likely N-dealkylation sites (tertiary alicyclic amines) is 1. The van der Waals surface area contributed by atoms with E-state index in [1.54, 1.807) is 7.11 Å². The van der Waals surface area contributed by atoms with Crippen LogP contribution in [0.4, 0.5) is 0 Å². The lowest BCUT2D eigenvalue weighted by molar-refractivity contribution is -0.0485. The van der Waals surface area contributed by atoms with Crippen LogP contribution in [0.5, 0.6) is 0 Å². The fourth-order valence-electron chi connectivity index (χ4n) is 2.91. The Hall–Kier alpha value is -1.13. The molecule has 1 saturated heterocycles. The van der Waals surface area contributed by atoms with E-state index in [4.69, 9.17) is 4.74 Å². The molecule has 106 valence electrons. The number of hydrogen-bond acceptors (Lipinski definition) is 3. The maximum Gasteiger partial charge on any atom is 0.178 e. The molecule has 2 rings (SSSR count). The van der Waals surface area contributed by atoms with Crippen molar-refractivity contribution in [2.24, 2.45) is 0 Å². The zero-order valence-corrected chi connectivity index (χ0v) is 12.4. The third-order valence-electron chi connectivity index (χ3n) is 4.05. The van der Waals surface area contributed by atoms with Gasteiger partial charge in [0, 0.05) is 30.6 Å². The average molecular weight is 264 g/mol. The first-order valence-corrected chi connectivity index (χ1v) is 6.90. The summed E-state index contributed by atoms with van der Waals surface area (Å²) in [5, 5.41) is 0. The molecule has 19 heavy (non-hydrogen) atoms. The number of aryl methyl sites for hydroxylation is 2. The summed E-state index contributed by atoms with van der Waals surface area (Å²) in [6, 6.07) is 1.94. The Morgan fingerprint density at radius 1 is 1.53 bits per heavy atom. The number of rotatable bonds is 4. The van der Waals surface area contributed by atoms with Crippen molar-refractivity contribution < 1.29 is 9.53 Å². The molecular formula is C15H24N2O2. The number of nitrogens with zero attached hydrogens (tertiary/aromatic N) is 1. The molecule has 1 atom stereocenters. The summed E-state index contributed by atoms with van der Waals surface area (Å²) >= 11 is 0. The van der Waals surface area contributed by atoms with Crippen molar-refractivity contribution in [3.63, 3.8) is 0 Å². The Kier molecular flexibility index (Phi) is 4.11. The molecule has 1 N–H and O–H groups in total. The van der Waals surface area contributed by atoms with Crippen LogP contribution in [0.25, 0.3) is 0 Å². The number of Topliss-reactive ketones (excluding diaryl/α,β-unsaturated/α-hetero) is 1. The largest absolute Gasteiger partial charge is 0.377 e. The highest BCUT2D eigenvalue weighted by Gasteiger charge is 2.31. The van der Waals surface area contributed by atoms with Crippen molar-refractivity contribution in [2.45, 2.75) is 39.2 Å². The highest BCUT2D eigenvalue weighted by atomic mass is 16.5. The summed E-state index contributed by atoms with van der Waals surface area (Å²) in [7, 11) is 1.75. The maximum absolute atomic E-state index is 12.3. The van der Waals surface area contributed by atoms with Crippen molar-refractivity contribution in [1.82, 2.24) is 9.88 Å². The number of nitrogens with one attached hydrogen (secondary N) is 1. The zero-order chi connectivity index (χ0) is 14.0. The number of piperidine rings is 1. The van der Waals surface area contributed by atoms with Crippen molar-refractivity contribution >= 4 is 5.78 Å². The SMILES string of the molecule is COC1(C)CCCN(CC(=O)c2cc(C)[nH]c2C)C1. The minimum Gasteiger partial charge on any atom is -0.377 e. The molecule has 4 heteroatoms. The van der Waals surface area contributed by atoms with Crippen molar-refractivity contribution in [3.8, 4) is 0 Å². The first-order chi connectivity index (χ1) is 8.93. The van der Waals surface area contributed by atoms with Crippen LogP contribution in [0.15, 0.2) is 6.07 Å². The van der Waals surface area contributed by atoms with Crippen LogP contribution < -0.4 is 0 Å². The van der Waals surface area contributed by atoms with Gasteiger partial charge in [0.05, 0.1) is 12.1 Å². The van der Waals surface area contributed by atoms with E-state index in [2.05, 4.69) is 16.8 Å². The quantitative estimate of drug-likeness (QED) is 0.849. The summed E-state index contributed by atoms with van der Waals surface area (Å²) < 4.78 is 5.56. The van der Waals surface area contributed by atoms with E-state index in [0.717, 1.165) is 42.9 Å². The van der Waals surface area contributed by atoms with E-state index in [9.17, 15) is 4.79 Å². The summed E-state index contributed by atoms with van der Waals surface area (Å²) in [6.07, 6.45) is 2.15. The Morgan fingerprint density at radius 2 is 2.26 bits per heavy atom. The van der Waals surface area contributed by atoms with Crippen LogP contribution in [0.3, 0.4) is 0 Å². The summed E-state index contributed by atoms with van der Waals surface area (Å²) in [5.41, 5.74) is 2.72. The molecule has 4 nitrogen and oxygen atoms in total. The van der Waals surface area contributed by atoms with Gasteiger partial charge in [0.2, 0.25) is 0 Å². The number of hydrogen-bond donors (Lipinski definition) is 1. The molecule has 0 bridgehead atoms. The second kappa shape index (κ2) is 5.47. The second-order valence-corrected chi connectivity index (χ2v) is 5.88. The summed E-state index contributed by atoms with van der Waals surface area (Å²) in [5.74, 6) is 0.196. The lowest BCUT2D eigenvalue weighted by atomic mass is 9.94. The summed E-state index contributed by atoms with van der Waals surface area (Å²) in [4.78, 5) is 17.7. The number of ketones is 1. The molecule has 0 saturated carbocycles. The molecule has 2 heterocycles. The standard InChI is InChI=1S/C15H24N2O2/c1-11-8-13(12(2)16-11)14(18)9-17-7-5-6-15(3,10-17)19-4/h8,16H,5-7,9-10H2,1-4H3. The van der Waals surface area contributed by atoms with Crippen LogP contribution in [0.1, 0.15) is 41.5 Å². The fourth-order valence-corrected chi connectivity index (χ4v) is 2.91. The van der Waals surface area contributed by atoms with Crippen LogP contribution in [-0.4, -0.2) is 48.0 Å². The molecular weight excluding hydrogens is 240 g/mol. The van der Waals surface area contributed by atoms with Gasteiger partial charge in [0.25, 0.3) is 0 Å². The lowest BCUT2D eigenvalue weighted by Gasteiger charge is -2.39. The van der Waals surface area contributed by atoms with Gasteiger partial charge in [-0.05, 0) is 46.2 Å². The third-order valence-corrected chi connectivity index (χ3v) is 4.05. The smallest absolute Gasteiger partial charge is 0.178 e. The van der Waals surface area contributed by atoms with Crippen molar-refractivity contribution in [1.29, 1.82) is 0 Å².